The molecule has 0 N–H and O–H groups in total. The zero-order chi connectivity index (χ0) is 24.0. The maximum Gasteiger partial charge on any atom is 0.0731 e. The van der Waals surface area contributed by atoms with Crippen molar-refractivity contribution in [2.75, 3.05) is 0 Å². The fraction of sp³-hybridized carbons (Fsp3) is 0.111. The highest BCUT2D eigenvalue weighted by molar-refractivity contribution is 6.03. The van der Waals surface area contributed by atoms with E-state index in [0.717, 1.165) is 6.42 Å². The molecule has 36 heavy (non-hydrogen) atoms. The van der Waals surface area contributed by atoms with Crippen LogP contribution in [0.15, 0.2) is 109 Å². The van der Waals surface area contributed by atoms with Crippen molar-refractivity contribution in [2.45, 2.75) is 25.7 Å². The second-order valence-corrected chi connectivity index (χ2v) is 10.7. The lowest BCUT2D eigenvalue weighted by atomic mass is 9.59. The van der Waals surface area contributed by atoms with E-state index in [-0.39, 0.29) is 5.41 Å². The van der Waals surface area contributed by atoms with Crippen molar-refractivity contribution < 1.29 is 0 Å². The van der Waals surface area contributed by atoms with Crippen LogP contribution < -0.4 is 0 Å². The molecule has 0 fully saturated rings. The number of hydrogen-bond acceptors (Lipinski definition) is 0. The molecule has 1 unspecified atom stereocenters. The Labute approximate surface area is 211 Å². The minimum absolute atomic E-state index is 0.352. The predicted molar refractivity (Wildman–Crippen MR) is 151 cm³/mol. The molecule has 0 amide bonds. The lowest BCUT2D eigenvalue weighted by Crippen LogP contribution is -2.35. The molecule has 0 nitrogen and oxygen atoms in total. The monoisotopic (exact) mass is 458 g/mol. The van der Waals surface area contributed by atoms with E-state index >= 15 is 0 Å². The summed E-state index contributed by atoms with van der Waals surface area (Å²) in [4.78, 5) is 0. The second-order valence-electron chi connectivity index (χ2n) is 10.7. The highest BCUT2D eigenvalue weighted by atomic mass is 14.5. The van der Waals surface area contributed by atoms with Gasteiger partial charge in [0, 0.05) is 0 Å². The van der Waals surface area contributed by atoms with Crippen molar-refractivity contribution in [2.24, 2.45) is 0 Å². The smallest absolute Gasteiger partial charge is 0.0616 e. The summed E-state index contributed by atoms with van der Waals surface area (Å²) >= 11 is 0. The van der Waals surface area contributed by atoms with Crippen molar-refractivity contribution in [1.29, 1.82) is 0 Å². The first kappa shape index (κ1) is 20.1. The molecular formula is C36H26. The fourth-order valence-corrected chi connectivity index (χ4v) is 7.22. The first-order valence-electron chi connectivity index (χ1n) is 12.9. The quantitative estimate of drug-likeness (QED) is 0.213. The molecule has 0 radical (unpaired) electrons. The molecule has 6 aromatic rings. The van der Waals surface area contributed by atoms with Gasteiger partial charge in [-0.15, -0.1) is 0 Å². The van der Waals surface area contributed by atoms with Gasteiger partial charge in [-0.1, -0.05) is 120 Å². The van der Waals surface area contributed by atoms with E-state index in [1.165, 1.54) is 77.2 Å². The number of aryl methyl sites for hydroxylation is 2. The molecule has 2 aliphatic rings. The molecule has 170 valence electrons. The number of benzene rings is 6. The SMILES string of the molecule is Cc1ccc2c(c1)-c1ccc3ccccc3c1C21c2cc(C)ccc2Cc2ccc3ccccc3c21. The molecule has 8 rings (SSSR count). The summed E-state index contributed by atoms with van der Waals surface area (Å²) in [6.45, 7) is 4.45. The molecule has 6 aromatic carbocycles. The summed E-state index contributed by atoms with van der Waals surface area (Å²) in [6, 6.07) is 41.6. The third-order valence-electron chi connectivity index (χ3n) is 8.61. The topological polar surface area (TPSA) is 0 Å². The van der Waals surface area contributed by atoms with Gasteiger partial charge in [0.25, 0.3) is 0 Å². The first-order valence-corrected chi connectivity index (χ1v) is 12.9. The van der Waals surface area contributed by atoms with E-state index in [1.807, 2.05) is 0 Å². The Morgan fingerprint density at radius 1 is 0.500 bits per heavy atom. The molecule has 0 aliphatic heterocycles. The van der Waals surface area contributed by atoms with Crippen molar-refractivity contribution >= 4 is 21.5 Å². The van der Waals surface area contributed by atoms with Gasteiger partial charge in [-0.2, -0.15) is 0 Å². The van der Waals surface area contributed by atoms with E-state index in [1.54, 1.807) is 0 Å². The summed E-state index contributed by atoms with van der Waals surface area (Å²) in [7, 11) is 0. The Morgan fingerprint density at radius 2 is 1.14 bits per heavy atom. The third kappa shape index (κ3) is 2.39. The van der Waals surface area contributed by atoms with Gasteiger partial charge < -0.3 is 0 Å². The average Bonchev–Trinajstić information content (AvgIpc) is 3.19. The van der Waals surface area contributed by atoms with Crippen LogP contribution in [0.1, 0.15) is 44.5 Å². The van der Waals surface area contributed by atoms with Crippen molar-refractivity contribution in [1.82, 2.24) is 0 Å². The lowest BCUT2D eigenvalue weighted by molar-refractivity contribution is 0.734. The summed E-state index contributed by atoms with van der Waals surface area (Å²) in [5.74, 6) is 0. The van der Waals surface area contributed by atoms with Crippen molar-refractivity contribution in [3.63, 3.8) is 0 Å². The van der Waals surface area contributed by atoms with Gasteiger partial charge in [0.05, 0.1) is 5.41 Å². The zero-order valence-corrected chi connectivity index (χ0v) is 20.6. The second kappa shape index (κ2) is 6.95. The number of hydrogen-bond donors (Lipinski definition) is 0. The van der Waals surface area contributed by atoms with Crippen molar-refractivity contribution in [3.05, 3.63) is 154 Å². The van der Waals surface area contributed by atoms with Gasteiger partial charge in [0.2, 0.25) is 0 Å². The summed E-state index contributed by atoms with van der Waals surface area (Å²) in [6.07, 6.45) is 0.971. The predicted octanol–water partition coefficient (Wildman–Crippen LogP) is 8.88. The van der Waals surface area contributed by atoms with Crippen LogP contribution in [0.3, 0.4) is 0 Å². The highest BCUT2D eigenvalue weighted by Gasteiger charge is 2.51. The van der Waals surface area contributed by atoms with Crippen LogP contribution in [0.5, 0.6) is 0 Å². The Kier molecular flexibility index (Phi) is 3.88. The summed E-state index contributed by atoms with van der Waals surface area (Å²) in [5.41, 5.74) is 13.7. The zero-order valence-electron chi connectivity index (χ0n) is 20.6. The maximum atomic E-state index is 2.47. The molecule has 0 saturated heterocycles. The molecule has 1 spiro atoms. The first-order chi connectivity index (χ1) is 17.7. The molecule has 0 heteroatoms. The Bertz CT molecular complexity index is 1890. The molecule has 0 heterocycles. The van der Waals surface area contributed by atoms with E-state index in [2.05, 4.69) is 123 Å². The van der Waals surface area contributed by atoms with Gasteiger partial charge in [0.15, 0.2) is 0 Å². The van der Waals surface area contributed by atoms with Gasteiger partial charge in [-0.25, -0.2) is 0 Å². The minimum atomic E-state index is -0.352. The lowest BCUT2D eigenvalue weighted by Gasteiger charge is -2.42. The minimum Gasteiger partial charge on any atom is -0.0616 e. The molecule has 0 bridgehead atoms. The number of fused-ring (bicyclic) bond motifs is 13. The van der Waals surface area contributed by atoms with Crippen LogP contribution in [0.25, 0.3) is 32.7 Å². The molecule has 1 atom stereocenters. The van der Waals surface area contributed by atoms with E-state index < -0.39 is 0 Å². The normalized spacial score (nSPS) is 17.2. The molecular weight excluding hydrogens is 432 g/mol. The van der Waals surface area contributed by atoms with E-state index in [9.17, 15) is 0 Å². The van der Waals surface area contributed by atoms with Crippen LogP contribution in [-0.4, -0.2) is 0 Å². The van der Waals surface area contributed by atoms with E-state index in [4.69, 9.17) is 0 Å². The Morgan fingerprint density at radius 3 is 1.94 bits per heavy atom. The number of rotatable bonds is 0. The van der Waals surface area contributed by atoms with Crippen LogP contribution in [-0.2, 0) is 11.8 Å². The summed E-state index contributed by atoms with van der Waals surface area (Å²) < 4.78 is 0. The Balaban J connectivity index is 1.69. The Hall–Kier alpha value is -4.16. The van der Waals surface area contributed by atoms with Crippen LogP contribution in [0, 0.1) is 13.8 Å². The largest absolute Gasteiger partial charge is 0.0731 e. The van der Waals surface area contributed by atoms with Gasteiger partial charge >= 0.3 is 0 Å². The van der Waals surface area contributed by atoms with Gasteiger partial charge in [-0.3, -0.25) is 0 Å². The van der Waals surface area contributed by atoms with Crippen LogP contribution in [0.2, 0.25) is 0 Å². The maximum absolute atomic E-state index is 2.47. The molecule has 0 saturated carbocycles. The average molecular weight is 459 g/mol. The molecule has 0 aromatic heterocycles. The van der Waals surface area contributed by atoms with Gasteiger partial charge in [-0.05, 0) is 86.3 Å². The van der Waals surface area contributed by atoms with Crippen LogP contribution in [0.4, 0.5) is 0 Å². The standard InChI is InChI=1S/C36H26/c1-22-12-18-32-31(19-22)30-17-16-25-8-4-6-10-29(25)35(30)36(32)33-20-23(2)11-13-26(33)21-27-15-14-24-7-3-5-9-28(24)34(27)36/h3-20H,21H2,1-2H3. The van der Waals surface area contributed by atoms with Crippen molar-refractivity contribution in [3.8, 4) is 11.1 Å². The molecule has 2 aliphatic carbocycles. The summed E-state index contributed by atoms with van der Waals surface area (Å²) in [5, 5.41) is 5.35. The van der Waals surface area contributed by atoms with Gasteiger partial charge in [0.1, 0.15) is 0 Å². The third-order valence-corrected chi connectivity index (χ3v) is 8.61. The highest BCUT2D eigenvalue weighted by Crippen LogP contribution is 2.62. The van der Waals surface area contributed by atoms with E-state index in [0.29, 0.717) is 0 Å². The fourth-order valence-electron chi connectivity index (χ4n) is 7.22. The van der Waals surface area contributed by atoms with Crippen LogP contribution >= 0.6 is 0 Å².